The average Bonchev–Trinajstić information content (AvgIpc) is 2.50. The maximum atomic E-state index is 13.5. The lowest BCUT2D eigenvalue weighted by molar-refractivity contribution is 0.0986. The number of benzene rings is 2. The molecule has 2 aromatic rings. The lowest BCUT2D eigenvalue weighted by Crippen LogP contribution is -2.08. The van der Waals surface area contributed by atoms with E-state index in [9.17, 15) is 9.18 Å². The summed E-state index contributed by atoms with van der Waals surface area (Å²) in [5.74, 6) is 0.279. The zero-order valence-electron chi connectivity index (χ0n) is 11.7. The van der Waals surface area contributed by atoms with Crippen LogP contribution >= 0.6 is 15.9 Å². The molecule has 0 spiro atoms. The third-order valence-corrected chi connectivity index (χ3v) is 3.98. The van der Waals surface area contributed by atoms with E-state index in [1.54, 1.807) is 30.3 Å². The first-order valence-corrected chi connectivity index (χ1v) is 7.04. The van der Waals surface area contributed by atoms with Crippen molar-refractivity contribution in [3.8, 4) is 11.5 Å². The van der Waals surface area contributed by atoms with Crippen LogP contribution in [0.4, 0.5) is 4.39 Å². The molecule has 0 aliphatic rings. The van der Waals surface area contributed by atoms with Gasteiger partial charge in [0.1, 0.15) is 22.9 Å². The number of ether oxygens (including phenoxy) is 2. The number of hydrogen-bond acceptors (Lipinski definition) is 3. The molecule has 5 heteroatoms. The van der Waals surface area contributed by atoms with Gasteiger partial charge in [-0.15, -0.1) is 0 Å². The highest BCUT2D eigenvalue weighted by Crippen LogP contribution is 2.30. The van der Waals surface area contributed by atoms with Gasteiger partial charge in [-0.3, -0.25) is 4.79 Å². The molecule has 0 atom stereocenters. The van der Waals surface area contributed by atoms with Gasteiger partial charge in [-0.05, 0) is 39.7 Å². The van der Waals surface area contributed by atoms with E-state index in [4.69, 9.17) is 9.47 Å². The Balaban J connectivity index is 2.39. The third-order valence-electron chi connectivity index (χ3n) is 3.09. The zero-order chi connectivity index (χ0) is 15.4. The van der Waals surface area contributed by atoms with Crippen molar-refractivity contribution >= 4 is 21.7 Å². The summed E-state index contributed by atoms with van der Waals surface area (Å²) in [6.07, 6.45) is 0.0507. The van der Waals surface area contributed by atoms with Crippen LogP contribution in [0.2, 0.25) is 0 Å². The highest BCUT2D eigenvalue weighted by molar-refractivity contribution is 9.10. The van der Waals surface area contributed by atoms with Crippen molar-refractivity contribution in [1.82, 2.24) is 0 Å². The first kappa shape index (κ1) is 15.5. The molecule has 0 aliphatic carbocycles. The molecule has 2 rings (SSSR count). The van der Waals surface area contributed by atoms with Crippen molar-refractivity contribution in [2.75, 3.05) is 14.2 Å². The maximum Gasteiger partial charge on any atom is 0.174 e. The summed E-state index contributed by atoms with van der Waals surface area (Å²) < 4.78 is 24.2. The number of halogens is 2. The fourth-order valence-corrected chi connectivity index (χ4v) is 2.48. The van der Waals surface area contributed by atoms with Gasteiger partial charge in [0.25, 0.3) is 0 Å². The normalized spacial score (nSPS) is 10.3. The smallest absolute Gasteiger partial charge is 0.174 e. The molecule has 0 unspecified atom stereocenters. The van der Waals surface area contributed by atoms with Crippen LogP contribution in [0.15, 0.2) is 40.9 Å². The van der Waals surface area contributed by atoms with E-state index in [-0.39, 0.29) is 12.2 Å². The molecule has 0 bridgehead atoms. The Labute approximate surface area is 130 Å². The van der Waals surface area contributed by atoms with E-state index in [2.05, 4.69) is 15.9 Å². The van der Waals surface area contributed by atoms with E-state index in [0.29, 0.717) is 27.1 Å². The lowest BCUT2D eigenvalue weighted by Gasteiger charge is -2.12. The van der Waals surface area contributed by atoms with Crippen molar-refractivity contribution in [2.45, 2.75) is 6.42 Å². The van der Waals surface area contributed by atoms with Crippen LogP contribution in [0.5, 0.6) is 11.5 Å². The minimum Gasteiger partial charge on any atom is -0.496 e. The molecule has 0 N–H and O–H groups in total. The Bertz CT molecular complexity index is 648. The van der Waals surface area contributed by atoms with Gasteiger partial charge in [0.15, 0.2) is 5.78 Å². The van der Waals surface area contributed by atoms with Gasteiger partial charge >= 0.3 is 0 Å². The zero-order valence-corrected chi connectivity index (χ0v) is 13.2. The molecule has 3 nitrogen and oxygen atoms in total. The second-order valence-corrected chi connectivity index (χ2v) is 5.14. The minimum atomic E-state index is -0.396. The summed E-state index contributed by atoms with van der Waals surface area (Å²) in [7, 11) is 2.98. The Morgan fingerprint density at radius 3 is 2.24 bits per heavy atom. The molecule has 0 aliphatic heterocycles. The molecular weight excluding hydrogens is 339 g/mol. The topological polar surface area (TPSA) is 35.5 Å². The van der Waals surface area contributed by atoms with Crippen molar-refractivity contribution in [1.29, 1.82) is 0 Å². The second kappa shape index (κ2) is 6.72. The number of hydrogen-bond donors (Lipinski definition) is 0. The Kier molecular flexibility index (Phi) is 4.96. The average molecular weight is 353 g/mol. The predicted octanol–water partition coefficient (Wildman–Crippen LogP) is 4.03. The lowest BCUT2D eigenvalue weighted by atomic mass is 10.0. The van der Waals surface area contributed by atoms with Gasteiger partial charge in [0, 0.05) is 6.42 Å². The summed E-state index contributed by atoms with van der Waals surface area (Å²) in [6, 6.07) is 9.73. The highest BCUT2D eigenvalue weighted by atomic mass is 79.9. The van der Waals surface area contributed by atoms with Crippen LogP contribution in [0.3, 0.4) is 0 Å². The van der Waals surface area contributed by atoms with E-state index in [0.717, 1.165) is 0 Å². The number of carbonyl (C=O) groups is 1. The van der Waals surface area contributed by atoms with Crippen LogP contribution in [0, 0.1) is 5.82 Å². The summed E-state index contributed by atoms with van der Waals surface area (Å²) in [5, 5.41) is 0. The molecule has 0 fully saturated rings. The summed E-state index contributed by atoms with van der Waals surface area (Å²) in [5.41, 5.74) is 0.937. The standard InChI is InChI=1S/C16H14BrFO3/c1-20-13-7-4-8-14(21-2)15(13)12(19)9-10-5-3-6-11(18)16(10)17/h3-8H,9H2,1-2H3. The first-order chi connectivity index (χ1) is 10.1. The number of ketones is 1. The highest BCUT2D eigenvalue weighted by Gasteiger charge is 2.19. The van der Waals surface area contributed by atoms with Gasteiger partial charge in [0.05, 0.1) is 18.7 Å². The van der Waals surface area contributed by atoms with E-state index in [1.807, 2.05) is 0 Å². The van der Waals surface area contributed by atoms with E-state index >= 15 is 0 Å². The molecule has 0 aromatic heterocycles. The minimum absolute atomic E-state index is 0.0507. The molecular formula is C16H14BrFO3. The molecule has 21 heavy (non-hydrogen) atoms. The van der Waals surface area contributed by atoms with Crippen molar-refractivity contribution in [2.24, 2.45) is 0 Å². The molecule has 0 saturated carbocycles. The molecule has 0 saturated heterocycles. The van der Waals surface area contributed by atoms with Gasteiger partial charge in [-0.1, -0.05) is 18.2 Å². The van der Waals surface area contributed by atoms with E-state index < -0.39 is 5.82 Å². The SMILES string of the molecule is COc1cccc(OC)c1C(=O)Cc1cccc(F)c1Br. The second-order valence-electron chi connectivity index (χ2n) is 4.35. The number of rotatable bonds is 5. The first-order valence-electron chi connectivity index (χ1n) is 6.25. The van der Waals surface area contributed by atoms with Gasteiger partial charge in [-0.25, -0.2) is 4.39 Å². The van der Waals surface area contributed by atoms with Crippen molar-refractivity contribution < 1.29 is 18.7 Å². The maximum absolute atomic E-state index is 13.5. The molecule has 0 amide bonds. The summed E-state index contributed by atoms with van der Waals surface area (Å²) >= 11 is 3.16. The number of carbonyl (C=O) groups excluding carboxylic acids is 1. The summed E-state index contributed by atoms with van der Waals surface area (Å²) in [6.45, 7) is 0. The number of methoxy groups -OCH3 is 2. The van der Waals surface area contributed by atoms with Crippen LogP contribution in [-0.2, 0) is 6.42 Å². The third kappa shape index (κ3) is 3.24. The molecule has 110 valence electrons. The fourth-order valence-electron chi connectivity index (χ4n) is 2.07. The summed E-state index contributed by atoms with van der Waals surface area (Å²) in [4.78, 5) is 12.5. The van der Waals surface area contributed by atoms with E-state index in [1.165, 1.54) is 20.3 Å². The van der Waals surface area contributed by atoms with Gasteiger partial charge in [-0.2, -0.15) is 0 Å². The fraction of sp³-hybridized carbons (Fsp3) is 0.188. The molecule has 0 radical (unpaired) electrons. The Morgan fingerprint density at radius 1 is 1.10 bits per heavy atom. The quantitative estimate of drug-likeness (QED) is 0.762. The predicted molar refractivity (Wildman–Crippen MR) is 81.7 cm³/mol. The monoisotopic (exact) mass is 352 g/mol. The van der Waals surface area contributed by atoms with Crippen LogP contribution in [-0.4, -0.2) is 20.0 Å². The van der Waals surface area contributed by atoms with Crippen LogP contribution < -0.4 is 9.47 Å². The Hall–Kier alpha value is -1.88. The molecule has 0 heterocycles. The van der Waals surface area contributed by atoms with Gasteiger partial charge in [0.2, 0.25) is 0 Å². The van der Waals surface area contributed by atoms with Crippen molar-refractivity contribution in [3.63, 3.8) is 0 Å². The van der Waals surface area contributed by atoms with Crippen LogP contribution in [0.1, 0.15) is 15.9 Å². The molecule has 2 aromatic carbocycles. The number of Topliss-reactive ketones (excluding diaryl/α,β-unsaturated/α-hetero) is 1. The van der Waals surface area contributed by atoms with Crippen LogP contribution in [0.25, 0.3) is 0 Å². The van der Waals surface area contributed by atoms with Gasteiger partial charge < -0.3 is 9.47 Å². The Morgan fingerprint density at radius 2 is 1.67 bits per heavy atom. The largest absolute Gasteiger partial charge is 0.496 e. The van der Waals surface area contributed by atoms with Crippen molar-refractivity contribution in [3.05, 3.63) is 57.8 Å².